The molecule has 0 saturated heterocycles. The molecule has 1 aliphatic rings. The summed E-state index contributed by atoms with van der Waals surface area (Å²) in [7, 11) is 0. The zero-order valence-electron chi connectivity index (χ0n) is 11.9. The van der Waals surface area contributed by atoms with Crippen LogP contribution in [0.4, 0.5) is 10.1 Å². The first-order valence-corrected chi connectivity index (χ1v) is 7.07. The summed E-state index contributed by atoms with van der Waals surface area (Å²) in [5, 5.41) is 5.62. The molecule has 2 aromatic carbocycles. The topological polar surface area (TPSA) is 58.2 Å². The molecule has 0 atom stereocenters. The first-order chi connectivity index (χ1) is 10.6. The van der Waals surface area contributed by atoms with Crippen LogP contribution in [0.3, 0.4) is 0 Å². The molecule has 0 aliphatic carbocycles. The minimum absolute atomic E-state index is 0.0323. The molecule has 3 rings (SSSR count). The van der Waals surface area contributed by atoms with Crippen molar-refractivity contribution in [3.05, 3.63) is 65.0 Å². The fraction of sp³-hybridized carbons (Fsp3) is 0.176. The Morgan fingerprint density at radius 3 is 2.68 bits per heavy atom. The van der Waals surface area contributed by atoms with E-state index < -0.39 is 0 Å². The predicted molar refractivity (Wildman–Crippen MR) is 81.0 cm³/mol. The molecule has 22 heavy (non-hydrogen) atoms. The average molecular weight is 298 g/mol. The largest absolute Gasteiger partial charge is 0.348 e. The highest BCUT2D eigenvalue weighted by Crippen LogP contribution is 2.23. The third-order valence-corrected chi connectivity index (χ3v) is 3.62. The van der Waals surface area contributed by atoms with Crippen LogP contribution in [0.25, 0.3) is 0 Å². The first kappa shape index (κ1) is 14.3. The molecule has 4 nitrogen and oxygen atoms in total. The molecule has 0 unspecified atom stereocenters. The highest BCUT2D eigenvalue weighted by Gasteiger charge is 2.14. The lowest BCUT2D eigenvalue weighted by Gasteiger charge is -2.17. The van der Waals surface area contributed by atoms with Gasteiger partial charge < -0.3 is 10.6 Å². The van der Waals surface area contributed by atoms with Gasteiger partial charge in [0.25, 0.3) is 5.91 Å². The van der Waals surface area contributed by atoms with Crippen LogP contribution in [0, 0.1) is 5.82 Å². The number of carbonyl (C=O) groups excluding carboxylic acids is 2. The van der Waals surface area contributed by atoms with E-state index in [1.807, 2.05) is 18.2 Å². The quantitative estimate of drug-likeness (QED) is 0.915. The van der Waals surface area contributed by atoms with Crippen LogP contribution in [0.2, 0.25) is 0 Å². The van der Waals surface area contributed by atoms with Gasteiger partial charge in [0, 0.05) is 24.2 Å². The zero-order valence-corrected chi connectivity index (χ0v) is 11.9. The number of carbonyl (C=O) groups is 2. The van der Waals surface area contributed by atoms with Gasteiger partial charge in [-0.05, 0) is 47.9 Å². The number of nitrogens with one attached hydrogen (secondary N) is 2. The maximum atomic E-state index is 12.8. The van der Waals surface area contributed by atoms with Crippen molar-refractivity contribution in [3.8, 4) is 0 Å². The minimum Gasteiger partial charge on any atom is -0.348 e. The highest BCUT2D eigenvalue weighted by molar-refractivity contribution is 5.94. The molecule has 5 heteroatoms. The molecule has 0 spiro atoms. The second kappa shape index (κ2) is 5.97. The fourth-order valence-electron chi connectivity index (χ4n) is 2.43. The summed E-state index contributed by atoms with van der Waals surface area (Å²) in [6.45, 7) is 0.386. The van der Waals surface area contributed by atoms with E-state index in [-0.39, 0.29) is 17.6 Å². The number of rotatable bonds is 3. The van der Waals surface area contributed by atoms with Crippen LogP contribution in [0.15, 0.2) is 42.5 Å². The highest BCUT2D eigenvalue weighted by atomic mass is 19.1. The van der Waals surface area contributed by atoms with Crippen molar-refractivity contribution < 1.29 is 14.0 Å². The van der Waals surface area contributed by atoms with Gasteiger partial charge >= 0.3 is 0 Å². The number of anilines is 1. The molecule has 2 N–H and O–H groups in total. The Hall–Kier alpha value is -2.69. The van der Waals surface area contributed by atoms with Crippen molar-refractivity contribution in [2.24, 2.45) is 0 Å². The molecule has 0 bridgehead atoms. The second-order valence-corrected chi connectivity index (χ2v) is 5.23. The molecule has 0 fully saturated rings. The standard InChI is InChI=1S/C17H15FN2O2/c18-14-5-2-12(3-6-14)17(22)19-10-11-1-7-15-13(9-11)4-8-16(21)20-15/h1-3,5-7,9H,4,8,10H2,(H,19,22)(H,20,21). The van der Waals surface area contributed by atoms with Crippen molar-refractivity contribution >= 4 is 17.5 Å². The van der Waals surface area contributed by atoms with Gasteiger partial charge in [-0.2, -0.15) is 0 Å². The number of aryl methyl sites for hydroxylation is 1. The van der Waals surface area contributed by atoms with Gasteiger partial charge in [-0.25, -0.2) is 4.39 Å². The fourth-order valence-corrected chi connectivity index (χ4v) is 2.43. The SMILES string of the molecule is O=C1CCc2cc(CNC(=O)c3ccc(F)cc3)ccc2N1. The van der Waals surface area contributed by atoms with Crippen molar-refractivity contribution in [2.45, 2.75) is 19.4 Å². The molecule has 1 aliphatic heterocycles. The molecule has 0 aromatic heterocycles. The third-order valence-electron chi connectivity index (χ3n) is 3.62. The molecule has 0 saturated carbocycles. The summed E-state index contributed by atoms with van der Waals surface area (Å²) in [6.07, 6.45) is 1.19. The van der Waals surface area contributed by atoms with Gasteiger partial charge in [-0.15, -0.1) is 0 Å². The van der Waals surface area contributed by atoms with E-state index in [4.69, 9.17) is 0 Å². The molecular formula is C17H15FN2O2. The normalized spacial score (nSPS) is 13.2. The maximum absolute atomic E-state index is 12.8. The lowest BCUT2D eigenvalue weighted by Crippen LogP contribution is -2.23. The van der Waals surface area contributed by atoms with Gasteiger partial charge in [0.1, 0.15) is 5.82 Å². The van der Waals surface area contributed by atoms with Gasteiger partial charge in [0.05, 0.1) is 0 Å². The van der Waals surface area contributed by atoms with Crippen LogP contribution in [-0.2, 0) is 17.8 Å². The van der Waals surface area contributed by atoms with E-state index in [9.17, 15) is 14.0 Å². The number of fused-ring (bicyclic) bond motifs is 1. The number of benzene rings is 2. The number of hydrogen-bond acceptors (Lipinski definition) is 2. The number of amides is 2. The van der Waals surface area contributed by atoms with Gasteiger partial charge in [-0.1, -0.05) is 12.1 Å². The summed E-state index contributed by atoms with van der Waals surface area (Å²) >= 11 is 0. The zero-order chi connectivity index (χ0) is 15.5. The first-order valence-electron chi connectivity index (χ1n) is 7.07. The smallest absolute Gasteiger partial charge is 0.251 e. The molecule has 2 aromatic rings. The molecule has 2 amide bonds. The summed E-state index contributed by atoms with van der Waals surface area (Å²) < 4.78 is 12.8. The number of halogens is 1. The van der Waals surface area contributed by atoms with Gasteiger partial charge in [0.2, 0.25) is 5.91 Å². The average Bonchev–Trinajstić information content (AvgIpc) is 2.53. The lowest BCUT2D eigenvalue weighted by atomic mass is 10.0. The third kappa shape index (κ3) is 3.14. The van der Waals surface area contributed by atoms with Gasteiger partial charge in [0.15, 0.2) is 0 Å². The second-order valence-electron chi connectivity index (χ2n) is 5.23. The van der Waals surface area contributed by atoms with Gasteiger partial charge in [-0.3, -0.25) is 9.59 Å². The summed E-state index contributed by atoms with van der Waals surface area (Å²) in [4.78, 5) is 23.3. The van der Waals surface area contributed by atoms with E-state index in [2.05, 4.69) is 10.6 Å². The Balaban J connectivity index is 1.65. The van der Waals surface area contributed by atoms with Crippen LogP contribution >= 0.6 is 0 Å². The van der Waals surface area contributed by atoms with Crippen LogP contribution in [-0.4, -0.2) is 11.8 Å². The van der Waals surface area contributed by atoms with Crippen molar-refractivity contribution in [2.75, 3.05) is 5.32 Å². The van der Waals surface area contributed by atoms with E-state index in [0.29, 0.717) is 24.9 Å². The Kier molecular flexibility index (Phi) is 3.87. The van der Waals surface area contributed by atoms with Crippen molar-refractivity contribution in [1.82, 2.24) is 5.32 Å². The van der Waals surface area contributed by atoms with E-state index in [1.54, 1.807) is 0 Å². The Labute approximate surface area is 127 Å². The Morgan fingerprint density at radius 1 is 1.14 bits per heavy atom. The monoisotopic (exact) mass is 298 g/mol. The molecule has 1 heterocycles. The van der Waals surface area contributed by atoms with Crippen molar-refractivity contribution in [3.63, 3.8) is 0 Å². The maximum Gasteiger partial charge on any atom is 0.251 e. The minimum atomic E-state index is -0.367. The van der Waals surface area contributed by atoms with E-state index in [0.717, 1.165) is 16.8 Å². The molecule has 0 radical (unpaired) electrons. The van der Waals surface area contributed by atoms with Crippen LogP contribution in [0.1, 0.15) is 27.9 Å². The van der Waals surface area contributed by atoms with E-state index >= 15 is 0 Å². The summed E-state index contributed by atoms with van der Waals surface area (Å²) in [5.41, 5.74) is 3.30. The van der Waals surface area contributed by atoms with Crippen LogP contribution in [0.5, 0.6) is 0 Å². The molecule has 112 valence electrons. The van der Waals surface area contributed by atoms with Crippen LogP contribution < -0.4 is 10.6 Å². The lowest BCUT2D eigenvalue weighted by molar-refractivity contribution is -0.116. The van der Waals surface area contributed by atoms with E-state index in [1.165, 1.54) is 24.3 Å². The Morgan fingerprint density at radius 2 is 1.91 bits per heavy atom. The molecular weight excluding hydrogens is 283 g/mol. The number of hydrogen-bond donors (Lipinski definition) is 2. The van der Waals surface area contributed by atoms with Crippen molar-refractivity contribution in [1.29, 1.82) is 0 Å². The Bertz CT molecular complexity index is 726. The predicted octanol–water partition coefficient (Wildman–Crippen LogP) is 2.64. The summed E-state index contributed by atoms with van der Waals surface area (Å²) in [5.74, 6) is -0.579. The summed E-state index contributed by atoms with van der Waals surface area (Å²) in [6, 6.07) is 11.1.